The van der Waals surface area contributed by atoms with Crippen molar-refractivity contribution in [2.75, 3.05) is 0 Å². The van der Waals surface area contributed by atoms with Crippen molar-refractivity contribution in [3.8, 4) is 0 Å². The standard InChI is InChI=1S/C5BrF10NO/c6-1(18)2(7,3(8,9)10)17(4(11,12)13)5(14,15)16. The Bertz CT molecular complexity index is 317. The van der Waals surface area contributed by atoms with Gasteiger partial charge in [0.15, 0.2) is 0 Å². The van der Waals surface area contributed by atoms with E-state index in [4.69, 9.17) is 0 Å². The quantitative estimate of drug-likeness (QED) is 0.427. The first-order valence-electron chi connectivity index (χ1n) is 3.45. The summed E-state index contributed by atoms with van der Waals surface area (Å²) in [4.78, 5) is 6.76. The molecule has 1 atom stereocenters. The molecule has 0 aliphatic carbocycles. The molecule has 13 heteroatoms. The van der Waals surface area contributed by atoms with E-state index in [1.165, 1.54) is 0 Å². The molecule has 0 saturated heterocycles. The van der Waals surface area contributed by atoms with Crippen molar-refractivity contribution in [1.82, 2.24) is 4.90 Å². The fourth-order valence-corrected chi connectivity index (χ4v) is 1.22. The molecule has 0 bridgehead atoms. The van der Waals surface area contributed by atoms with Crippen LogP contribution in [0.5, 0.6) is 0 Å². The highest BCUT2D eigenvalue weighted by Crippen LogP contribution is 2.49. The molecule has 0 spiro atoms. The summed E-state index contributed by atoms with van der Waals surface area (Å²) in [5.74, 6) is -6.32. The van der Waals surface area contributed by atoms with E-state index in [1.807, 2.05) is 0 Å². The molecule has 0 aromatic heterocycles. The summed E-state index contributed by atoms with van der Waals surface area (Å²) >= 11 is 1.14. The summed E-state index contributed by atoms with van der Waals surface area (Å²) in [6.45, 7) is 0. The lowest BCUT2D eigenvalue weighted by molar-refractivity contribution is -0.442. The fraction of sp³-hybridized carbons (Fsp3) is 0.800. The van der Waals surface area contributed by atoms with Crippen molar-refractivity contribution in [1.29, 1.82) is 0 Å². The van der Waals surface area contributed by atoms with Gasteiger partial charge in [-0.15, -0.1) is 0 Å². The van der Waals surface area contributed by atoms with E-state index < -0.39 is 34.2 Å². The molecule has 2 nitrogen and oxygen atoms in total. The Kier molecular flexibility index (Phi) is 4.36. The lowest BCUT2D eigenvalue weighted by atomic mass is 10.2. The van der Waals surface area contributed by atoms with Crippen molar-refractivity contribution < 1.29 is 48.7 Å². The average molecular weight is 360 g/mol. The average Bonchev–Trinajstić information content (AvgIpc) is 1.94. The third-order valence-electron chi connectivity index (χ3n) is 1.45. The second kappa shape index (κ2) is 4.51. The van der Waals surface area contributed by atoms with E-state index in [-0.39, 0.29) is 0 Å². The maximum Gasteiger partial charge on any atom is 0.470 e. The Morgan fingerprint density at radius 1 is 0.778 bits per heavy atom. The van der Waals surface area contributed by atoms with E-state index in [0.717, 1.165) is 15.9 Å². The molecular formula is C5BrF10NO. The van der Waals surface area contributed by atoms with Crippen LogP contribution in [-0.4, -0.2) is 34.2 Å². The van der Waals surface area contributed by atoms with Gasteiger partial charge in [0.2, 0.25) is 0 Å². The first-order chi connectivity index (χ1) is 7.56. The minimum absolute atomic E-state index is 1.14. The van der Waals surface area contributed by atoms with Crippen LogP contribution >= 0.6 is 15.9 Å². The number of carbonyl (C=O) groups is 1. The number of hydrogen-bond donors (Lipinski definition) is 0. The van der Waals surface area contributed by atoms with E-state index in [9.17, 15) is 48.7 Å². The minimum atomic E-state index is -6.81. The predicted octanol–water partition coefficient (Wildman–Crippen LogP) is 3.48. The first-order valence-corrected chi connectivity index (χ1v) is 4.25. The van der Waals surface area contributed by atoms with Gasteiger partial charge < -0.3 is 0 Å². The van der Waals surface area contributed by atoms with Crippen LogP contribution in [0.1, 0.15) is 0 Å². The fourth-order valence-electron chi connectivity index (χ4n) is 0.819. The largest absolute Gasteiger partial charge is 0.470 e. The van der Waals surface area contributed by atoms with Gasteiger partial charge in [0.25, 0.3) is 4.69 Å². The number of carbonyl (C=O) groups excluding carboxylic acids is 1. The summed E-state index contributed by atoms with van der Waals surface area (Å²) < 4.78 is 117. The number of halogens is 11. The van der Waals surface area contributed by atoms with Gasteiger partial charge in [-0.2, -0.15) is 39.5 Å². The van der Waals surface area contributed by atoms with Crippen molar-refractivity contribution >= 4 is 20.6 Å². The van der Waals surface area contributed by atoms with Gasteiger partial charge in [-0.25, -0.2) is 4.39 Å². The molecule has 0 aliphatic rings. The number of nitrogens with zero attached hydrogens (tertiary/aromatic N) is 1. The minimum Gasteiger partial charge on any atom is -0.281 e. The van der Waals surface area contributed by atoms with Crippen LogP contribution in [0.3, 0.4) is 0 Å². The van der Waals surface area contributed by atoms with Gasteiger partial charge in [0.1, 0.15) is 0 Å². The SMILES string of the molecule is O=C(Br)C(F)(N(C(F)(F)F)C(F)(F)F)C(F)(F)F. The van der Waals surface area contributed by atoms with Crippen LogP contribution in [0.15, 0.2) is 0 Å². The Morgan fingerprint density at radius 2 is 1.06 bits per heavy atom. The highest BCUT2D eigenvalue weighted by atomic mass is 79.9. The van der Waals surface area contributed by atoms with Crippen LogP contribution in [0.2, 0.25) is 0 Å². The topological polar surface area (TPSA) is 20.3 Å². The monoisotopic (exact) mass is 359 g/mol. The molecule has 0 aliphatic heterocycles. The summed E-state index contributed by atoms with van der Waals surface area (Å²) in [5.41, 5.74) is 0. The second-order valence-corrected chi connectivity index (χ2v) is 3.38. The molecule has 0 fully saturated rings. The zero-order valence-electron chi connectivity index (χ0n) is 7.51. The van der Waals surface area contributed by atoms with E-state index >= 15 is 0 Å². The van der Waals surface area contributed by atoms with Gasteiger partial charge in [0.05, 0.1) is 0 Å². The normalized spacial score (nSPS) is 17.8. The van der Waals surface area contributed by atoms with Gasteiger partial charge in [-0.1, -0.05) is 4.90 Å². The molecule has 0 saturated carbocycles. The zero-order chi connectivity index (χ0) is 15.2. The first kappa shape index (κ1) is 17.4. The van der Waals surface area contributed by atoms with Crippen LogP contribution in [-0.2, 0) is 4.79 Å². The molecule has 108 valence electrons. The van der Waals surface area contributed by atoms with Crippen molar-refractivity contribution in [3.63, 3.8) is 0 Å². The Balaban J connectivity index is 6.09. The van der Waals surface area contributed by atoms with Crippen molar-refractivity contribution in [2.24, 2.45) is 0 Å². The smallest absolute Gasteiger partial charge is 0.281 e. The summed E-state index contributed by atoms with van der Waals surface area (Å²) in [5, 5.41) is 0. The molecule has 18 heavy (non-hydrogen) atoms. The molecular weight excluding hydrogens is 360 g/mol. The second-order valence-electron chi connectivity index (χ2n) is 2.66. The molecule has 0 heterocycles. The van der Waals surface area contributed by atoms with E-state index in [1.54, 1.807) is 0 Å². The summed E-state index contributed by atoms with van der Waals surface area (Å²) in [6, 6.07) is 0. The molecule has 0 N–H and O–H groups in total. The van der Waals surface area contributed by atoms with Gasteiger partial charge in [0, 0.05) is 0 Å². The lowest BCUT2D eigenvalue weighted by Crippen LogP contribution is -2.68. The van der Waals surface area contributed by atoms with Crippen LogP contribution < -0.4 is 0 Å². The third-order valence-corrected chi connectivity index (χ3v) is 1.98. The third kappa shape index (κ3) is 3.05. The maximum atomic E-state index is 13.0. The highest BCUT2D eigenvalue weighted by Gasteiger charge is 2.77. The molecule has 0 aromatic carbocycles. The van der Waals surface area contributed by atoms with E-state index in [0.29, 0.717) is 0 Å². The molecule has 1 unspecified atom stereocenters. The zero-order valence-corrected chi connectivity index (χ0v) is 9.10. The molecule has 0 aromatic rings. The Hall–Kier alpha value is -0.590. The lowest BCUT2D eigenvalue weighted by Gasteiger charge is -2.37. The molecule has 0 radical (unpaired) electrons. The Morgan fingerprint density at radius 3 is 1.11 bits per heavy atom. The van der Waals surface area contributed by atoms with Crippen molar-refractivity contribution in [2.45, 2.75) is 24.6 Å². The van der Waals surface area contributed by atoms with Gasteiger partial charge in [-0.3, -0.25) is 4.79 Å². The number of alkyl halides is 10. The summed E-state index contributed by atoms with van der Waals surface area (Å²) in [6.07, 6.45) is -20.4. The van der Waals surface area contributed by atoms with Crippen LogP contribution in [0.25, 0.3) is 0 Å². The highest BCUT2D eigenvalue weighted by molar-refractivity contribution is 9.18. The van der Waals surface area contributed by atoms with Gasteiger partial charge >= 0.3 is 24.6 Å². The summed E-state index contributed by atoms with van der Waals surface area (Å²) in [7, 11) is 0. The van der Waals surface area contributed by atoms with Crippen LogP contribution in [0.4, 0.5) is 43.9 Å². The molecule has 0 amide bonds. The van der Waals surface area contributed by atoms with Crippen LogP contribution in [0, 0.1) is 0 Å². The van der Waals surface area contributed by atoms with Crippen molar-refractivity contribution in [3.05, 3.63) is 0 Å². The molecule has 0 rings (SSSR count). The van der Waals surface area contributed by atoms with E-state index in [2.05, 4.69) is 0 Å². The maximum absolute atomic E-state index is 13.0. The van der Waals surface area contributed by atoms with Gasteiger partial charge in [-0.05, 0) is 15.9 Å². The number of hydrogen-bond acceptors (Lipinski definition) is 2. The number of rotatable bonds is 2. The predicted molar refractivity (Wildman–Crippen MR) is 37.8 cm³/mol. The Labute approximate surface area is 99.6 Å².